The van der Waals surface area contributed by atoms with Gasteiger partial charge in [-0.3, -0.25) is 15.0 Å². The third-order valence-electron chi connectivity index (χ3n) is 4.60. The van der Waals surface area contributed by atoms with Gasteiger partial charge in [0.25, 0.3) is 0 Å². The third kappa shape index (κ3) is 4.57. The van der Waals surface area contributed by atoms with Crippen LogP contribution in [0.15, 0.2) is 28.9 Å². The molecule has 2 atom stereocenters. The molecule has 0 saturated carbocycles. The maximum Gasteiger partial charge on any atom is 0.243 e. The molecule has 1 fully saturated rings. The number of hydrogen-bond acceptors (Lipinski definition) is 6. The van der Waals surface area contributed by atoms with Crippen molar-refractivity contribution in [2.75, 3.05) is 30.3 Å². The number of nitrogens with one attached hydrogen (secondary N) is 2. The molecule has 7 heteroatoms. The zero-order valence-electron chi connectivity index (χ0n) is 15.0. The fraction of sp³-hybridized carbons (Fsp3) is 0.500. The van der Waals surface area contributed by atoms with E-state index in [4.69, 9.17) is 4.52 Å². The van der Waals surface area contributed by atoms with Crippen molar-refractivity contribution in [1.29, 1.82) is 0 Å². The van der Waals surface area contributed by atoms with Crippen LogP contribution < -0.4 is 10.6 Å². The molecule has 0 spiro atoms. The molecule has 0 bridgehead atoms. The van der Waals surface area contributed by atoms with E-state index in [0.29, 0.717) is 11.8 Å². The summed E-state index contributed by atoms with van der Waals surface area (Å²) in [6, 6.07) is 5.56. The Morgan fingerprint density at radius 1 is 1.44 bits per heavy atom. The molecule has 7 nitrogen and oxygen atoms in total. The zero-order valence-corrected chi connectivity index (χ0v) is 15.0. The molecule has 1 aliphatic rings. The monoisotopic (exact) mass is 343 g/mol. The molecule has 2 aromatic heterocycles. The summed E-state index contributed by atoms with van der Waals surface area (Å²) in [5, 5.41) is 9.95. The molecule has 134 valence electrons. The summed E-state index contributed by atoms with van der Waals surface area (Å²) in [5.41, 5.74) is 1.90. The molecule has 2 aromatic rings. The minimum atomic E-state index is -0.201. The number of amides is 1. The molecule has 25 heavy (non-hydrogen) atoms. The van der Waals surface area contributed by atoms with Crippen molar-refractivity contribution in [2.24, 2.45) is 5.92 Å². The first-order valence-corrected chi connectivity index (χ1v) is 8.66. The number of aryl methyl sites for hydroxylation is 2. The smallest absolute Gasteiger partial charge is 0.243 e. The first-order valence-electron chi connectivity index (χ1n) is 8.66. The highest BCUT2D eigenvalue weighted by molar-refractivity contribution is 5.93. The first-order chi connectivity index (χ1) is 12.0. The van der Waals surface area contributed by atoms with Crippen molar-refractivity contribution < 1.29 is 9.32 Å². The van der Waals surface area contributed by atoms with Gasteiger partial charge < -0.3 is 9.84 Å². The van der Waals surface area contributed by atoms with Crippen LogP contribution in [0.5, 0.6) is 0 Å². The predicted molar refractivity (Wildman–Crippen MR) is 96.5 cm³/mol. The lowest BCUT2D eigenvalue weighted by Gasteiger charge is -2.23. The van der Waals surface area contributed by atoms with Crippen LogP contribution in [0.1, 0.15) is 24.6 Å². The highest BCUT2D eigenvalue weighted by Gasteiger charge is 2.29. The van der Waals surface area contributed by atoms with Crippen molar-refractivity contribution in [1.82, 2.24) is 15.0 Å². The second kappa shape index (κ2) is 7.65. The van der Waals surface area contributed by atoms with Gasteiger partial charge in [-0.05, 0) is 51.3 Å². The van der Waals surface area contributed by atoms with E-state index in [0.717, 1.165) is 43.1 Å². The van der Waals surface area contributed by atoms with Gasteiger partial charge in [-0.2, -0.15) is 0 Å². The number of anilines is 2. The molecule has 3 rings (SSSR count). The lowest BCUT2D eigenvalue weighted by molar-refractivity contribution is -0.120. The highest BCUT2D eigenvalue weighted by Crippen LogP contribution is 2.20. The van der Waals surface area contributed by atoms with Crippen LogP contribution in [0, 0.1) is 19.8 Å². The maximum absolute atomic E-state index is 12.4. The van der Waals surface area contributed by atoms with Crippen LogP contribution in [0.2, 0.25) is 0 Å². The summed E-state index contributed by atoms with van der Waals surface area (Å²) in [4.78, 5) is 18.9. The molecular formula is C18H25N5O2. The number of hydrogen-bond donors (Lipinski definition) is 2. The molecular weight excluding hydrogens is 318 g/mol. The summed E-state index contributed by atoms with van der Waals surface area (Å²) in [7, 11) is 0. The quantitative estimate of drug-likeness (QED) is 0.838. The number of carbonyl (C=O) groups excluding carboxylic acids is 1. The van der Waals surface area contributed by atoms with E-state index in [1.165, 1.54) is 0 Å². The van der Waals surface area contributed by atoms with Gasteiger partial charge in [-0.15, -0.1) is 0 Å². The SMILES string of the molecule is Cc1ccc(NC[C@@H]2CCN([C@H](C)C(=O)Nc3cc(C)no3)C2)nc1. The van der Waals surface area contributed by atoms with E-state index >= 15 is 0 Å². The Morgan fingerprint density at radius 2 is 2.28 bits per heavy atom. The molecule has 0 aromatic carbocycles. The second-order valence-electron chi connectivity index (χ2n) is 6.75. The number of aromatic nitrogens is 2. The largest absolute Gasteiger partial charge is 0.370 e. The Balaban J connectivity index is 1.46. The lowest BCUT2D eigenvalue weighted by atomic mass is 10.1. The maximum atomic E-state index is 12.4. The van der Waals surface area contributed by atoms with Crippen LogP contribution in [0.3, 0.4) is 0 Å². The minimum Gasteiger partial charge on any atom is -0.370 e. The molecule has 2 N–H and O–H groups in total. The molecule has 1 amide bonds. The van der Waals surface area contributed by atoms with Gasteiger partial charge >= 0.3 is 0 Å². The standard InChI is InChI=1S/C18H25N5O2/c1-12-4-5-16(19-9-12)20-10-15-6-7-23(11-15)14(3)18(24)21-17-8-13(2)22-25-17/h4-5,8-9,14-15H,6-7,10-11H2,1-3H3,(H,19,20)(H,21,24)/t14-,15+/m1/s1. The number of carbonyl (C=O) groups is 1. The topological polar surface area (TPSA) is 83.3 Å². The zero-order chi connectivity index (χ0) is 17.8. The molecule has 0 aliphatic carbocycles. The van der Waals surface area contributed by atoms with E-state index in [2.05, 4.69) is 25.7 Å². The average Bonchev–Trinajstić information content (AvgIpc) is 3.23. The van der Waals surface area contributed by atoms with E-state index in [9.17, 15) is 4.79 Å². The van der Waals surface area contributed by atoms with E-state index in [-0.39, 0.29) is 11.9 Å². The van der Waals surface area contributed by atoms with Crippen molar-refractivity contribution in [2.45, 2.75) is 33.2 Å². The van der Waals surface area contributed by atoms with Gasteiger partial charge in [-0.25, -0.2) is 4.98 Å². The summed E-state index contributed by atoms with van der Waals surface area (Å²) >= 11 is 0. The molecule has 0 radical (unpaired) electrons. The van der Waals surface area contributed by atoms with Crippen LogP contribution in [0.25, 0.3) is 0 Å². The lowest BCUT2D eigenvalue weighted by Crippen LogP contribution is -2.41. The Kier molecular flexibility index (Phi) is 5.33. The van der Waals surface area contributed by atoms with Crippen LogP contribution >= 0.6 is 0 Å². The fourth-order valence-electron chi connectivity index (χ4n) is 3.02. The second-order valence-corrected chi connectivity index (χ2v) is 6.75. The number of rotatable bonds is 6. The summed E-state index contributed by atoms with van der Waals surface area (Å²) in [6.07, 6.45) is 2.93. The van der Waals surface area contributed by atoms with Crippen molar-refractivity contribution in [3.8, 4) is 0 Å². The Labute approximate surface area is 147 Å². The van der Waals surface area contributed by atoms with Gasteiger partial charge in [0.1, 0.15) is 5.82 Å². The normalized spacial score (nSPS) is 18.9. The Morgan fingerprint density at radius 3 is 2.96 bits per heavy atom. The number of likely N-dealkylation sites (tertiary alicyclic amines) is 1. The Hall–Kier alpha value is -2.41. The molecule has 0 unspecified atom stereocenters. The van der Waals surface area contributed by atoms with E-state index in [1.807, 2.05) is 39.1 Å². The van der Waals surface area contributed by atoms with Gasteiger partial charge in [0.15, 0.2) is 0 Å². The molecule has 1 aliphatic heterocycles. The van der Waals surface area contributed by atoms with Crippen LogP contribution in [0.4, 0.5) is 11.7 Å². The highest BCUT2D eigenvalue weighted by atomic mass is 16.5. The minimum absolute atomic E-state index is 0.0649. The Bertz CT molecular complexity index is 713. The number of nitrogens with zero attached hydrogens (tertiary/aromatic N) is 3. The summed E-state index contributed by atoms with van der Waals surface area (Å²) in [6.45, 7) is 8.44. The fourth-order valence-corrected chi connectivity index (χ4v) is 3.02. The van der Waals surface area contributed by atoms with Crippen LogP contribution in [-0.2, 0) is 4.79 Å². The molecule has 3 heterocycles. The van der Waals surface area contributed by atoms with Crippen molar-refractivity contribution in [3.05, 3.63) is 35.7 Å². The van der Waals surface area contributed by atoms with E-state index < -0.39 is 0 Å². The van der Waals surface area contributed by atoms with Gasteiger partial charge in [0.2, 0.25) is 11.8 Å². The third-order valence-corrected chi connectivity index (χ3v) is 4.60. The summed E-state index contributed by atoms with van der Waals surface area (Å²) in [5.74, 6) is 1.74. The van der Waals surface area contributed by atoms with Gasteiger partial charge in [-0.1, -0.05) is 11.2 Å². The number of pyridine rings is 1. The van der Waals surface area contributed by atoms with Crippen molar-refractivity contribution >= 4 is 17.6 Å². The van der Waals surface area contributed by atoms with Crippen molar-refractivity contribution in [3.63, 3.8) is 0 Å². The van der Waals surface area contributed by atoms with Gasteiger partial charge in [0, 0.05) is 25.4 Å². The van der Waals surface area contributed by atoms with Gasteiger partial charge in [0.05, 0.1) is 11.7 Å². The van der Waals surface area contributed by atoms with E-state index in [1.54, 1.807) is 6.07 Å². The van der Waals surface area contributed by atoms with Crippen LogP contribution in [-0.4, -0.2) is 46.6 Å². The average molecular weight is 343 g/mol. The molecule has 1 saturated heterocycles. The summed E-state index contributed by atoms with van der Waals surface area (Å²) < 4.78 is 5.05. The first kappa shape index (κ1) is 17.4. The predicted octanol–water partition coefficient (Wildman–Crippen LogP) is 2.45.